The van der Waals surface area contributed by atoms with E-state index in [1.165, 1.54) is 19.3 Å². The molecule has 0 saturated heterocycles. The second-order valence-electron chi connectivity index (χ2n) is 6.08. The van der Waals surface area contributed by atoms with Gasteiger partial charge in [-0.1, -0.05) is 56.0 Å². The number of rotatable bonds is 5. The molecule has 1 N–H and O–H groups in total. The highest BCUT2D eigenvalue weighted by molar-refractivity contribution is 9.09. The molecule has 1 unspecified atom stereocenters. The monoisotopic (exact) mass is 303 g/mol. The Balaban J connectivity index is 2.50. The maximum atomic E-state index is 12.3. The third kappa shape index (κ3) is 4.61. The molecule has 0 spiro atoms. The molecule has 2 nitrogen and oxygen atoms in total. The zero-order valence-electron chi connectivity index (χ0n) is 11.4. The molecule has 3 heteroatoms. The zero-order chi connectivity index (χ0) is 12.9. The highest BCUT2D eigenvalue weighted by Crippen LogP contribution is 2.36. The first kappa shape index (κ1) is 15.0. The summed E-state index contributed by atoms with van der Waals surface area (Å²) < 4.78 is 0. The van der Waals surface area contributed by atoms with E-state index in [1.807, 2.05) is 0 Å². The zero-order valence-corrected chi connectivity index (χ0v) is 13.0. The average Bonchev–Trinajstić information content (AvgIpc) is 2.28. The summed E-state index contributed by atoms with van der Waals surface area (Å²) in [4.78, 5) is 12.3. The lowest BCUT2D eigenvalue weighted by Crippen LogP contribution is -2.46. The predicted octanol–water partition coefficient (Wildman–Crippen LogP) is 3.88. The summed E-state index contributed by atoms with van der Waals surface area (Å²) >= 11 is 3.50. The van der Waals surface area contributed by atoms with Crippen molar-refractivity contribution in [3.8, 4) is 0 Å². The van der Waals surface area contributed by atoms with Crippen molar-refractivity contribution in [2.75, 3.05) is 5.33 Å². The van der Waals surface area contributed by atoms with E-state index >= 15 is 0 Å². The van der Waals surface area contributed by atoms with Gasteiger partial charge < -0.3 is 5.32 Å². The van der Waals surface area contributed by atoms with Crippen LogP contribution in [0.1, 0.15) is 59.3 Å². The lowest BCUT2D eigenvalue weighted by molar-refractivity contribution is -0.132. The average molecular weight is 304 g/mol. The van der Waals surface area contributed by atoms with Crippen LogP contribution in [0.5, 0.6) is 0 Å². The summed E-state index contributed by atoms with van der Waals surface area (Å²) in [6.45, 7) is 6.52. The first-order valence-electron chi connectivity index (χ1n) is 6.85. The van der Waals surface area contributed by atoms with Crippen LogP contribution in [-0.2, 0) is 4.79 Å². The minimum atomic E-state index is -0.115. The van der Waals surface area contributed by atoms with Crippen molar-refractivity contribution >= 4 is 21.8 Å². The summed E-state index contributed by atoms with van der Waals surface area (Å²) in [6.07, 6.45) is 6.84. The summed E-state index contributed by atoms with van der Waals surface area (Å²) in [5.41, 5.74) is -0.115. The maximum absolute atomic E-state index is 12.3. The van der Waals surface area contributed by atoms with E-state index in [1.54, 1.807) is 0 Å². The molecule has 0 aliphatic heterocycles. The molecule has 0 aromatic heterocycles. The van der Waals surface area contributed by atoms with Crippen LogP contribution in [0.25, 0.3) is 0 Å². The minimum Gasteiger partial charge on any atom is -0.352 e. The van der Waals surface area contributed by atoms with E-state index in [9.17, 15) is 4.79 Å². The molecule has 1 saturated carbocycles. The number of hydrogen-bond donors (Lipinski definition) is 1. The number of halogens is 1. The molecular weight excluding hydrogens is 278 g/mol. The highest BCUT2D eigenvalue weighted by atomic mass is 79.9. The number of nitrogens with one attached hydrogen (secondary N) is 1. The van der Waals surface area contributed by atoms with Crippen molar-refractivity contribution in [1.29, 1.82) is 0 Å². The number of hydrogen-bond acceptors (Lipinski definition) is 1. The van der Waals surface area contributed by atoms with Gasteiger partial charge in [0, 0.05) is 16.8 Å². The Hall–Kier alpha value is -0.0500. The fourth-order valence-corrected chi connectivity index (χ4v) is 3.07. The van der Waals surface area contributed by atoms with Crippen LogP contribution in [0.2, 0.25) is 0 Å². The van der Waals surface area contributed by atoms with Crippen LogP contribution in [0, 0.1) is 11.3 Å². The van der Waals surface area contributed by atoms with Crippen LogP contribution in [0.15, 0.2) is 0 Å². The van der Waals surface area contributed by atoms with Gasteiger partial charge in [-0.2, -0.15) is 0 Å². The quantitative estimate of drug-likeness (QED) is 0.767. The minimum absolute atomic E-state index is 0.115. The van der Waals surface area contributed by atoms with Crippen molar-refractivity contribution in [2.45, 2.75) is 65.3 Å². The van der Waals surface area contributed by atoms with Crippen LogP contribution in [-0.4, -0.2) is 17.3 Å². The van der Waals surface area contributed by atoms with E-state index in [0.717, 1.165) is 24.6 Å². The van der Waals surface area contributed by atoms with Crippen molar-refractivity contribution in [1.82, 2.24) is 5.32 Å². The van der Waals surface area contributed by atoms with Gasteiger partial charge in [-0.05, 0) is 25.2 Å². The van der Waals surface area contributed by atoms with E-state index in [-0.39, 0.29) is 17.4 Å². The van der Waals surface area contributed by atoms with Crippen molar-refractivity contribution in [3.63, 3.8) is 0 Å². The Labute approximate surface area is 114 Å². The van der Waals surface area contributed by atoms with E-state index in [0.29, 0.717) is 5.92 Å². The smallest absolute Gasteiger partial charge is 0.226 e. The van der Waals surface area contributed by atoms with Gasteiger partial charge in [-0.25, -0.2) is 0 Å². The van der Waals surface area contributed by atoms with Gasteiger partial charge in [0.25, 0.3) is 0 Å². The summed E-state index contributed by atoms with van der Waals surface area (Å²) in [7, 11) is 0. The lowest BCUT2D eigenvalue weighted by Gasteiger charge is -2.33. The maximum Gasteiger partial charge on any atom is 0.226 e. The summed E-state index contributed by atoms with van der Waals surface area (Å²) in [5, 5.41) is 4.08. The van der Waals surface area contributed by atoms with Crippen LogP contribution < -0.4 is 5.32 Å². The second-order valence-corrected chi connectivity index (χ2v) is 6.72. The van der Waals surface area contributed by atoms with Crippen LogP contribution in [0.4, 0.5) is 0 Å². The summed E-state index contributed by atoms with van der Waals surface area (Å²) in [5.74, 6) is 0.888. The second kappa shape index (κ2) is 6.77. The first-order valence-corrected chi connectivity index (χ1v) is 7.97. The topological polar surface area (TPSA) is 29.1 Å². The van der Waals surface area contributed by atoms with Gasteiger partial charge in [-0.3, -0.25) is 4.79 Å². The fraction of sp³-hybridized carbons (Fsp3) is 0.929. The highest BCUT2D eigenvalue weighted by Gasteiger charge is 2.35. The molecule has 1 aliphatic rings. The standard InChI is InChI=1S/C14H26BrNO/c1-11(2)9-12(10-15)16-13(17)14(3)7-5-4-6-8-14/h11-12H,4-10H2,1-3H3,(H,16,17). The van der Waals surface area contributed by atoms with Gasteiger partial charge in [0.1, 0.15) is 0 Å². The molecule has 1 atom stereocenters. The molecule has 1 amide bonds. The van der Waals surface area contributed by atoms with Crippen LogP contribution >= 0.6 is 15.9 Å². The Kier molecular flexibility index (Phi) is 5.98. The van der Waals surface area contributed by atoms with Crippen LogP contribution in [0.3, 0.4) is 0 Å². The van der Waals surface area contributed by atoms with Crippen molar-refractivity contribution in [2.24, 2.45) is 11.3 Å². The van der Waals surface area contributed by atoms with Gasteiger partial charge in [0.05, 0.1) is 0 Å². The largest absolute Gasteiger partial charge is 0.352 e. The predicted molar refractivity (Wildman–Crippen MR) is 76.4 cm³/mol. The number of carbonyl (C=O) groups excluding carboxylic acids is 1. The summed E-state index contributed by atoms with van der Waals surface area (Å²) in [6, 6.07) is 0.279. The molecule has 1 aliphatic carbocycles. The molecule has 100 valence electrons. The molecule has 0 aromatic rings. The molecule has 17 heavy (non-hydrogen) atoms. The van der Waals surface area contributed by atoms with Gasteiger partial charge in [0.2, 0.25) is 5.91 Å². The van der Waals surface area contributed by atoms with Gasteiger partial charge >= 0.3 is 0 Å². The first-order chi connectivity index (χ1) is 7.98. The lowest BCUT2D eigenvalue weighted by atomic mass is 9.75. The number of alkyl halides is 1. The molecule has 1 rings (SSSR count). The van der Waals surface area contributed by atoms with Crippen molar-refractivity contribution < 1.29 is 4.79 Å². The Bertz CT molecular complexity index is 247. The number of amides is 1. The molecule has 1 fully saturated rings. The number of carbonyl (C=O) groups is 1. The third-order valence-corrected chi connectivity index (χ3v) is 4.56. The van der Waals surface area contributed by atoms with E-state index in [4.69, 9.17) is 0 Å². The van der Waals surface area contributed by atoms with Crippen molar-refractivity contribution in [3.05, 3.63) is 0 Å². The van der Waals surface area contributed by atoms with E-state index < -0.39 is 0 Å². The Morgan fingerprint density at radius 3 is 2.35 bits per heavy atom. The molecule has 0 heterocycles. The van der Waals surface area contributed by atoms with Gasteiger partial charge in [-0.15, -0.1) is 0 Å². The Morgan fingerprint density at radius 1 is 1.29 bits per heavy atom. The third-order valence-electron chi connectivity index (χ3n) is 3.78. The van der Waals surface area contributed by atoms with E-state index in [2.05, 4.69) is 42.0 Å². The normalized spacial score (nSPS) is 21.2. The SMILES string of the molecule is CC(C)CC(CBr)NC(=O)C1(C)CCCCC1. The molecule has 0 radical (unpaired) electrons. The molecule has 0 bridgehead atoms. The molecular formula is C14H26BrNO. The molecule has 0 aromatic carbocycles. The Morgan fingerprint density at radius 2 is 1.88 bits per heavy atom. The van der Waals surface area contributed by atoms with Gasteiger partial charge in [0.15, 0.2) is 0 Å². The fourth-order valence-electron chi connectivity index (χ4n) is 2.65.